The molecule has 0 aromatic carbocycles. The number of nitrogens with two attached hydrogens (primary N) is 2. The number of nitrogen functional groups attached to an aromatic ring is 1. The number of aromatic nitrogens is 6. The van der Waals surface area contributed by atoms with Gasteiger partial charge in [0.05, 0.1) is 25.3 Å². The number of H-pyrrole nitrogens is 1. The number of fused-ring (bicyclic) bond motifs is 1. The first-order chi connectivity index (χ1) is 15.7. The van der Waals surface area contributed by atoms with Gasteiger partial charge in [0, 0.05) is 18.3 Å². The fourth-order valence-electron chi connectivity index (χ4n) is 3.31. The Balaban J connectivity index is 1.37. The number of imidazole rings is 2. The third-order valence-corrected chi connectivity index (χ3v) is 6.00. The van der Waals surface area contributed by atoms with Gasteiger partial charge in [-0.15, -0.1) is 0 Å². The maximum absolute atomic E-state index is 12.3. The molecule has 0 bridgehead atoms. The normalized spacial score (nSPS) is 25.7. The maximum atomic E-state index is 12.3. The van der Waals surface area contributed by atoms with E-state index in [0.717, 1.165) is 0 Å². The maximum Gasteiger partial charge on any atom is 0.432 e. The second-order valence-corrected chi connectivity index (χ2v) is 8.83. The minimum Gasteiger partial charge on any atom is -0.387 e. The number of carbonyl (C=O) groups is 1. The van der Waals surface area contributed by atoms with Gasteiger partial charge >= 0.3 is 7.75 Å². The Bertz CT molecular complexity index is 1170. The zero-order chi connectivity index (χ0) is 23.8. The molecule has 0 saturated carbocycles. The van der Waals surface area contributed by atoms with Gasteiger partial charge < -0.3 is 36.3 Å². The molecule has 4 rings (SSSR count). The molecule has 178 valence electrons. The molecule has 1 aliphatic rings. The molecule has 1 fully saturated rings. The van der Waals surface area contributed by atoms with Gasteiger partial charge in [0.15, 0.2) is 17.7 Å². The Labute approximate surface area is 185 Å². The van der Waals surface area contributed by atoms with E-state index in [1.54, 1.807) is 0 Å². The van der Waals surface area contributed by atoms with E-state index in [9.17, 15) is 24.5 Å². The number of carbonyl (C=O) groups excluding carboxylic acids is 1. The van der Waals surface area contributed by atoms with Crippen molar-refractivity contribution in [2.24, 2.45) is 5.73 Å². The molecule has 3 aromatic heterocycles. The number of hydrogen-bond acceptors (Lipinski definition) is 12. The Morgan fingerprint density at radius 2 is 2.15 bits per heavy atom. The molecule has 4 heterocycles. The van der Waals surface area contributed by atoms with Crippen LogP contribution in [-0.4, -0.2) is 81.5 Å². The largest absolute Gasteiger partial charge is 0.432 e. The van der Waals surface area contributed by atoms with Crippen LogP contribution in [0.4, 0.5) is 5.82 Å². The summed E-state index contributed by atoms with van der Waals surface area (Å²) in [6.07, 6.45) is 0.161. The molecule has 33 heavy (non-hydrogen) atoms. The highest BCUT2D eigenvalue weighted by molar-refractivity contribution is 7.51. The van der Waals surface area contributed by atoms with Gasteiger partial charge in [-0.25, -0.2) is 24.5 Å². The number of hydrogen-bond donors (Lipinski definition) is 7. The molecule has 0 radical (unpaired) electrons. The van der Waals surface area contributed by atoms with E-state index in [4.69, 9.17) is 20.7 Å². The second kappa shape index (κ2) is 9.11. The van der Waals surface area contributed by atoms with Gasteiger partial charge in [-0.05, 0) is 0 Å². The molecule has 0 spiro atoms. The number of amides is 1. The van der Waals surface area contributed by atoms with E-state index in [-0.39, 0.29) is 23.4 Å². The summed E-state index contributed by atoms with van der Waals surface area (Å²) in [5, 5.41) is 22.6. The molecule has 9 N–H and O–H groups in total. The molecule has 3 aromatic rings. The first-order valence-corrected chi connectivity index (χ1v) is 11.2. The predicted molar refractivity (Wildman–Crippen MR) is 110 cm³/mol. The zero-order valence-corrected chi connectivity index (χ0v) is 17.8. The molecular weight excluding hydrogens is 461 g/mol. The van der Waals surface area contributed by atoms with Crippen molar-refractivity contribution in [3.8, 4) is 0 Å². The molecule has 6 atom stereocenters. The number of nitrogens with zero attached hydrogens (tertiary/aromatic N) is 5. The Kier molecular flexibility index (Phi) is 6.40. The van der Waals surface area contributed by atoms with Gasteiger partial charge in [-0.1, -0.05) is 0 Å². The number of aromatic amines is 1. The fourth-order valence-corrected chi connectivity index (χ4v) is 4.17. The van der Waals surface area contributed by atoms with E-state index < -0.39 is 50.8 Å². The average Bonchev–Trinajstić information content (AvgIpc) is 3.48. The van der Waals surface area contributed by atoms with Crippen molar-refractivity contribution in [3.05, 3.63) is 30.9 Å². The molecular formula is C16H22N9O7P. The minimum absolute atomic E-state index is 0.0527. The van der Waals surface area contributed by atoms with Crippen LogP contribution in [0.15, 0.2) is 25.2 Å². The summed E-state index contributed by atoms with van der Waals surface area (Å²) in [7, 11) is -4.65. The van der Waals surface area contributed by atoms with Crippen LogP contribution >= 0.6 is 7.75 Å². The standard InChI is InChI=1S/C16H22N9O7P/c17-8(1-7-2-19-4-20-7)15(28)24-33(29,30)31-3-9-11(26)12(27)16(32-9)25-6-23-10-13(18)21-5-22-14(10)25/h2,4-6,8-9,11-12,16,26-27H,1,3,17H2,(H,19,20)(H2,18,21,22)(H2,24,28,29,30)/t8-,9+,11+,12+,16-/m0/s1. The monoisotopic (exact) mass is 483 g/mol. The summed E-state index contributed by atoms with van der Waals surface area (Å²) in [6, 6.07) is -1.14. The van der Waals surface area contributed by atoms with E-state index in [0.29, 0.717) is 5.69 Å². The van der Waals surface area contributed by atoms with Gasteiger partial charge in [0.2, 0.25) is 5.91 Å². The van der Waals surface area contributed by atoms with Crippen LogP contribution in [-0.2, 0) is 25.0 Å². The Morgan fingerprint density at radius 3 is 2.88 bits per heavy atom. The van der Waals surface area contributed by atoms with Crippen molar-refractivity contribution in [1.29, 1.82) is 0 Å². The fraction of sp³-hybridized carbons (Fsp3) is 0.438. The van der Waals surface area contributed by atoms with Crippen molar-refractivity contribution in [1.82, 2.24) is 34.6 Å². The highest BCUT2D eigenvalue weighted by Crippen LogP contribution is 2.39. The summed E-state index contributed by atoms with van der Waals surface area (Å²) < 4.78 is 24.1. The molecule has 1 saturated heterocycles. The van der Waals surface area contributed by atoms with Crippen molar-refractivity contribution in [2.45, 2.75) is 37.0 Å². The van der Waals surface area contributed by atoms with Gasteiger partial charge in [0.1, 0.15) is 30.2 Å². The van der Waals surface area contributed by atoms with Crippen LogP contribution in [0, 0.1) is 0 Å². The molecule has 1 unspecified atom stereocenters. The number of aliphatic hydroxyl groups is 2. The number of aliphatic hydroxyl groups excluding tert-OH is 2. The lowest BCUT2D eigenvalue weighted by Crippen LogP contribution is -2.41. The Hall–Kier alpha value is -2.98. The topological polar surface area (TPSA) is 250 Å². The SMILES string of the molecule is Nc1ncnc2c1ncn2[C@H]1O[C@H](COP(=O)(O)NC(=O)[C@@H](N)Cc2cnc[nH]2)[C@@H](O)[C@H]1O. The molecule has 0 aliphatic carbocycles. The van der Waals surface area contributed by atoms with Crippen LogP contribution in [0.2, 0.25) is 0 Å². The molecule has 1 aliphatic heterocycles. The lowest BCUT2D eigenvalue weighted by molar-refractivity contribution is -0.121. The number of anilines is 1. The number of nitrogens with one attached hydrogen (secondary N) is 2. The Morgan fingerprint density at radius 1 is 1.36 bits per heavy atom. The third kappa shape index (κ3) is 4.86. The van der Waals surface area contributed by atoms with Crippen molar-refractivity contribution >= 4 is 30.6 Å². The van der Waals surface area contributed by atoms with Crippen LogP contribution in [0.3, 0.4) is 0 Å². The van der Waals surface area contributed by atoms with Crippen molar-refractivity contribution < 1.29 is 33.7 Å². The summed E-state index contributed by atoms with van der Waals surface area (Å²) in [5.74, 6) is -0.808. The second-order valence-electron chi connectivity index (χ2n) is 7.31. The predicted octanol–water partition coefficient (Wildman–Crippen LogP) is -2.45. The van der Waals surface area contributed by atoms with E-state index in [2.05, 4.69) is 24.9 Å². The first kappa shape index (κ1) is 23.2. The van der Waals surface area contributed by atoms with Crippen LogP contribution in [0.25, 0.3) is 11.2 Å². The van der Waals surface area contributed by atoms with E-state index in [1.807, 2.05) is 5.09 Å². The third-order valence-electron chi connectivity index (χ3n) is 5.00. The average molecular weight is 483 g/mol. The minimum atomic E-state index is -4.65. The summed E-state index contributed by atoms with van der Waals surface area (Å²) in [4.78, 5) is 40.6. The van der Waals surface area contributed by atoms with Crippen LogP contribution in [0.5, 0.6) is 0 Å². The van der Waals surface area contributed by atoms with E-state index >= 15 is 0 Å². The summed E-state index contributed by atoms with van der Waals surface area (Å²) in [6.45, 7) is -0.623. The molecule has 17 heteroatoms. The lowest BCUT2D eigenvalue weighted by Gasteiger charge is -2.19. The lowest BCUT2D eigenvalue weighted by atomic mass is 10.1. The first-order valence-electron chi connectivity index (χ1n) is 9.63. The summed E-state index contributed by atoms with van der Waals surface area (Å²) in [5.41, 5.74) is 12.6. The number of ether oxygens (including phenoxy) is 1. The smallest absolute Gasteiger partial charge is 0.387 e. The highest BCUT2D eigenvalue weighted by atomic mass is 31.2. The quantitative estimate of drug-likeness (QED) is 0.165. The van der Waals surface area contributed by atoms with Crippen LogP contribution < -0.4 is 16.6 Å². The van der Waals surface area contributed by atoms with Crippen molar-refractivity contribution in [2.75, 3.05) is 12.3 Å². The highest BCUT2D eigenvalue weighted by Gasteiger charge is 2.45. The number of rotatable bonds is 8. The van der Waals surface area contributed by atoms with Gasteiger partial charge in [0.25, 0.3) is 0 Å². The molecule has 16 nitrogen and oxygen atoms in total. The zero-order valence-electron chi connectivity index (χ0n) is 16.9. The van der Waals surface area contributed by atoms with Gasteiger partial charge in [-0.3, -0.25) is 19.0 Å². The molecule has 1 amide bonds. The van der Waals surface area contributed by atoms with Crippen molar-refractivity contribution in [3.63, 3.8) is 0 Å². The summed E-state index contributed by atoms with van der Waals surface area (Å²) >= 11 is 0. The van der Waals surface area contributed by atoms with Crippen LogP contribution in [0.1, 0.15) is 11.9 Å². The van der Waals surface area contributed by atoms with E-state index in [1.165, 1.54) is 29.7 Å². The van der Waals surface area contributed by atoms with Gasteiger partial charge in [-0.2, -0.15) is 0 Å².